The van der Waals surface area contributed by atoms with E-state index in [1.165, 1.54) is 0 Å². The van der Waals surface area contributed by atoms with Gasteiger partial charge in [0, 0.05) is 0 Å². The summed E-state index contributed by atoms with van der Waals surface area (Å²) < 4.78 is 2.13. The normalized spacial score (nSPS) is 9.20. The van der Waals surface area contributed by atoms with Gasteiger partial charge in [-0.2, -0.15) is 0 Å². The SMILES string of the molecule is C=CC=[CH][Hg]. The maximum absolute atomic E-state index is 3.49. The zero-order valence-electron chi connectivity index (χ0n) is 3.15. The number of hydrogen-bond donors (Lipinski definition) is 0. The second-order valence-corrected chi connectivity index (χ2v) is 2.50. The van der Waals surface area contributed by atoms with E-state index in [0.717, 1.165) is 26.1 Å². The van der Waals surface area contributed by atoms with Gasteiger partial charge in [0.1, 0.15) is 0 Å². The molecule has 0 heterocycles. The third-order valence-electron chi connectivity index (χ3n) is 0.272. The summed E-state index contributed by atoms with van der Waals surface area (Å²) in [5.74, 6) is 0. The Hall–Kier alpha value is 0.415. The van der Waals surface area contributed by atoms with Gasteiger partial charge in [-0.1, -0.05) is 0 Å². The molecule has 23 valence electrons. The monoisotopic (exact) mass is 255 g/mol. The van der Waals surface area contributed by atoms with Crippen molar-refractivity contribution in [1.82, 2.24) is 0 Å². The van der Waals surface area contributed by atoms with E-state index in [9.17, 15) is 0 Å². The molecule has 0 spiro atoms. The van der Waals surface area contributed by atoms with Gasteiger partial charge in [0.15, 0.2) is 0 Å². The molecule has 0 aromatic rings. The summed E-state index contributed by atoms with van der Waals surface area (Å²) in [7, 11) is 0. The molecular weight excluding hydrogens is 249 g/mol. The van der Waals surface area contributed by atoms with Crippen molar-refractivity contribution in [2.45, 2.75) is 0 Å². The molecule has 0 saturated carbocycles. The molecule has 0 fully saturated rings. The van der Waals surface area contributed by atoms with E-state index < -0.39 is 0 Å². The van der Waals surface area contributed by atoms with Gasteiger partial charge in [-0.25, -0.2) is 0 Å². The molecular formula is C4H5Hg. The molecule has 0 N–H and O–H groups in total. The van der Waals surface area contributed by atoms with E-state index in [4.69, 9.17) is 0 Å². The summed E-state index contributed by atoms with van der Waals surface area (Å²) in [4.78, 5) is 0. The maximum atomic E-state index is 3.49. The van der Waals surface area contributed by atoms with E-state index in [0.29, 0.717) is 0 Å². The zero-order chi connectivity index (χ0) is 4.12. The Labute approximate surface area is 48.5 Å². The predicted molar refractivity (Wildman–Crippen MR) is 19.3 cm³/mol. The fourth-order valence-corrected chi connectivity index (χ4v) is 0.844. The summed E-state index contributed by atoms with van der Waals surface area (Å²) in [6, 6.07) is 0. The van der Waals surface area contributed by atoms with E-state index in [-0.39, 0.29) is 0 Å². The van der Waals surface area contributed by atoms with Gasteiger partial charge in [-0.3, -0.25) is 0 Å². The predicted octanol–water partition coefficient (Wildman–Crippen LogP) is 1.23. The van der Waals surface area contributed by atoms with Gasteiger partial charge in [0.25, 0.3) is 0 Å². The molecule has 0 aromatic heterocycles. The van der Waals surface area contributed by atoms with Crippen LogP contribution in [0.5, 0.6) is 0 Å². The summed E-state index contributed by atoms with van der Waals surface area (Å²) in [5.41, 5.74) is 0. The standard InChI is InChI=1S/C4H5.Hg/c1-3-4-2;/h1,3-4H,2H2;. The van der Waals surface area contributed by atoms with E-state index in [2.05, 4.69) is 10.2 Å². The van der Waals surface area contributed by atoms with Gasteiger partial charge in [-0.05, 0) is 0 Å². The molecule has 0 amide bonds. The van der Waals surface area contributed by atoms with Crippen LogP contribution >= 0.6 is 0 Å². The summed E-state index contributed by atoms with van der Waals surface area (Å²) in [5, 5.41) is 0. The van der Waals surface area contributed by atoms with Crippen LogP contribution < -0.4 is 0 Å². The van der Waals surface area contributed by atoms with Gasteiger partial charge >= 0.3 is 48.4 Å². The molecule has 0 aliphatic carbocycles. The average molecular weight is 254 g/mol. The Morgan fingerprint density at radius 2 is 2.20 bits per heavy atom. The van der Waals surface area contributed by atoms with Gasteiger partial charge < -0.3 is 0 Å². The Bertz CT molecular complexity index is 45.6. The van der Waals surface area contributed by atoms with Crippen LogP contribution in [0, 0.1) is 0 Å². The van der Waals surface area contributed by atoms with E-state index in [1.54, 1.807) is 6.08 Å². The molecule has 0 nitrogen and oxygen atoms in total. The van der Waals surface area contributed by atoms with Crippen LogP contribution in [-0.4, -0.2) is 0 Å². The molecule has 5 heavy (non-hydrogen) atoms. The summed E-state index contributed by atoms with van der Waals surface area (Å²) >= 11 is 0.822. The minimum atomic E-state index is 0.822. The first-order valence-electron chi connectivity index (χ1n) is 1.48. The molecule has 0 aromatic carbocycles. The second kappa shape index (κ2) is 4.42. The Kier molecular flexibility index (Phi) is 4.78. The van der Waals surface area contributed by atoms with Crippen molar-refractivity contribution in [2.75, 3.05) is 0 Å². The van der Waals surface area contributed by atoms with Crippen molar-refractivity contribution in [3.05, 3.63) is 22.3 Å². The third kappa shape index (κ3) is 4.42. The number of allylic oxidation sites excluding steroid dienone is 2. The van der Waals surface area contributed by atoms with E-state index in [1.807, 2.05) is 6.08 Å². The fraction of sp³-hybridized carbons (Fsp3) is 0. The first kappa shape index (κ1) is 5.42. The molecule has 0 bridgehead atoms. The summed E-state index contributed by atoms with van der Waals surface area (Å²) in [6.45, 7) is 3.49. The first-order chi connectivity index (χ1) is 2.41. The van der Waals surface area contributed by atoms with E-state index >= 15 is 0 Å². The first-order valence-corrected chi connectivity index (χ1v) is 4.66. The number of rotatable bonds is 1. The topological polar surface area (TPSA) is 0 Å². The average Bonchev–Trinajstić information content (AvgIpc) is 1.41. The van der Waals surface area contributed by atoms with Gasteiger partial charge in [0.05, 0.1) is 0 Å². The van der Waals surface area contributed by atoms with Crippen LogP contribution in [0.15, 0.2) is 22.3 Å². The molecule has 0 aliphatic rings. The Balaban J connectivity index is 2.92. The zero-order valence-corrected chi connectivity index (χ0v) is 8.64. The van der Waals surface area contributed by atoms with Crippen molar-refractivity contribution in [1.29, 1.82) is 0 Å². The Morgan fingerprint density at radius 3 is 2.20 bits per heavy atom. The van der Waals surface area contributed by atoms with Gasteiger partial charge in [-0.15, -0.1) is 0 Å². The van der Waals surface area contributed by atoms with Crippen LogP contribution in [0.2, 0.25) is 0 Å². The van der Waals surface area contributed by atoms with Crippen LogP contribution in [0.4, 0.5) is 0 Å². The second-order valence-electron chi connectivity index (χ2n) is 0.664. The Morgan fingerprint density at radius 1 is 1.60 bits per heavy atom. The van der Waals surface area contributed by atoms with Crippen molar-refractivity contribution < 1.29 is 26.1 Å². The van der Waals surface area contributed by atoms with Crippen molar-refractivity contribution in [2.24, 2.45) is 0 Å². The molecule has 1 heteroatoms. The minimum absolute atomic E-state index is 0.822. The van der Waals surface area contributed by atoms with Crippen LogP contribution in [0.3, 0.4) is 0 Å². The van der Waals surface area contributed by atoms with Crippen molar-refractivity contribution in [3.63, 3.8) is 0 Å². The molecule has 0 rings (SSSR count). The molecule has 0 aliphatic heterocycles. The molecule has 0 radical (unpaired) electrons. The van der Waals surface area contributed by atoms with Crippen molar-refractivity contribution in [3.8, 4) is 0 Å². The number of hydrogen-bond acceptors (Lipinski definition) is 0. The van der Waals surface area contributed by atoms with Crippen molar-refractivity contribution >= 4 is 0 Å². The van der Waals surface area contributed by atoms with Crippen LogP contribution in [0.25, 0.3) is 0 Å². The molecule has 0 unspecified atom stereocenters. The quantitative estimate of drug-likeness (QED) is 0.487. The summed E-state index contributed by atoms with van der Waals surface area (Å²) in [6.07, 6.45) is 3.77. The van der Waals surface area contributed by atoms with Crippen LogP contribution in [-0.2, 0) is 26.1 Å². The van der Waals surface area contributed by atoms with Crippen LogP contribution in [0.1, 0.15) is 0 Å². The molecule has 0 atom stereocenters. The fourth-order valence-electron chi connectivity index (χ4n) is 0.0962. The third-order valence-corrected chi connectivity index (χ3v) is 1.33. The molecule has 0 saturated heterocycles. The van der Waals surface area contributed by atoms with Gasteiger partial charge in [0.2, 0.25) is 0 Å².